The monoisotopic (exact) mass is 368 g/mol. The van der Waals surface area contributed by atoms with E-state index in [0.29, 0.717) is 22.4 Å². The van der Waals surface area contributed by atoms with Gasteiger partial charge in [0.15, 0.2) is 5.17 Å². The molecule has 1 aromatic rings. The number of carbonyl (C=O) groups excluding carboxylic acids is 2. The van der Waals surface area contributed by atoms with Gasteiger partial charge in [-0.2, -0.15) is 4.99 Å². The SMILES string of the molecule is CCOc1ccc(Br)cc1/C=C1\SC(NC(C)=O)=NC1=O. The van der Waals surface area contributed by atoms with Gasteiger partial charge in [0, 0.05) is 17.0 Å². The lowest BCUT2D eigenvalue weighted by molar-refractivity contribution is -0.117. The molecule has 0 unspecified atom stereocenters. The van der Waals surface area contributed by atoms with Gasteiger partial charge in [-0.05, 0) is 43.0 Å². The minimum absolute atomic E-state index is 0.257. The summed E-state index contributed by atoms with van der Waals surface area (Å²) in [7, 11) is 0. The molecule has 1 N–H and O–H groups in total. The molecule has 0 aromatic heterocycles. The Hall–Kier alpha value is -1.60. The number of hydrogen-bond donors (Lipinski definition) is 1. The van der Waals surface area contributed by atoms with Crippen molar-refractivity contribution in [3.05, 3.63) is 33.1 Å². The van der Waals surface area contributed by atoms with Gasteiger partial charge < -0.3 is 10.1 Å². The van der Waals surface area contributed by atoms with Crippen molar-refractivity contribution in [2.45, 2.75) is 13.8 Å². The van der Waals surface area contributed by atoms with Crippen molar-refractivity contribution >= 4 is 50.7 Å². The van der Waals surface area contributed by atoms with Crippen LogP contribution in [0, 0.1) is 0 Å². The molecule has 2 amide bonds. The first-order valence-electron chi connectivity index (χ1n) is 6.22. The standard InChI is InChI=1S/C14H13BrN2O3S/c1-3-20-11-5-4-10(15)6-9(11)7-12-13(19)17-14(21-12)16-8(2)18/h4-7H,3H2,1-2H3,(H,16,17,18,19)/b12-7-. The quantitative estimate of drug-likeness (QED) is 0.832. The first-order chi connectivity index (χ1) is 9.99. The number of nitrogens with zero attached hydrogens (tertiary/aromatic N) is 1. The van der Waals surface area contributed by atoms with E-state index in [1.807, 2.05) is 25.1 Å². The molecule has 0 fully saturated rings. The van der Waals surface area contributed by atoms with Gasteiger partial charge in [-0.25, -0.2) is 0 Å². The summed E-state index contributed by atoms with van der Waals surface area (Å²) in [5.74, 6) is 0.0634. The van der Waals surface area contributed by atoms with Gasteiger partial charge in [0.1, 0.15) is 5.75 Å². The van der Waals surface area contributed by atoms with E-state index in [1.165, 1.54) is 6.92 Å². The summed E-state index contributed by atoms with van der Waals surface area (Å²) in [5, 5.41) is 2.81. The van der Waals surface area contributed by atoms with Crippen molar-refractivity contribution < 1.29 is 14.3 Å². The first-order valence-corrected chi connectivity index (χ1v) is 7.83. The summed E-state index contributed by atoms with van der Waals surface area (Å²) in [6.45, 7) is 3.80. The third kappa shape index (κ3) is 4.18. The highest BCUT2D eigenvalue weighted by Gasteiger charge is 2.23. The number of amides is 2. The van der Waals surface area contributed by atoms with Crippen molar-refractivity contribution in [1.29, 1.82) is 0 Å². The smallest absolute Gasteiger partial charge is 0.286 e. The van der Waals surface area contributed by atoms with Crippen LogP contribution in [0.4, 0.5) is 0 Å². The maximum Gasteiger partial charge on any atom is 0.286 e. The normalized spacial score (nSPS) is 16.0. The second-order valence-electron chi connectivity index (χ2n) is 4.13. The van der Waals surface area contributed by atoms with Crippen LogP contribution in [0.3, 0.4) is 0 Å². The lowest BCUT2D eigenvalue weighted by Gasteiger charge is -2.08. The van der Waals surface area contributed by atoms with Crippen LogP contribution in [-0.2, 0) is 9.59 Å². The molecule has 1 aromatic carbocycles. The van der Waals surface area contributed by atoms with Crippen LogP contribution >= 0.6 is 27.7 Å². The Morgan fingerprint density at radius 2 is 2.29 bits per heavy atom. The Morgan fingerprint density at radius 1 is 1.52 bits per heavy atom. The fourth-order valence-corrected chi connectivity index (χ4v) is 2.90. The highest BCUT2D eigenvalue weighted by atomic mass is 79.9. The first kappa shape index (κ1) is 15.8. The molecule has 0 saturated carbocycles. The molecular weight excluding hydrogens is 356 g/mol. The molecular formula is C14H13BrN2O3S. The molecule has 1 aliphatic heterocycles. The van der Waals surface area contributed by atoms with Gasteiger partial charge in [-0.15, -0.1) is 0 Å². The molecule has 1 aliphatic rings. The zero-order valence-electron chi connectivity index (χ0n) is 11.5. The van der Waals surface area contributed by atoms with Crippen LogP contribution in [0.25, 0.3) is 6.08 Å². The van der Waals surface area contributed by atoms with E-state index < -0.39 is 0 Å². The van der Waals surface area contributed by atoms with Gasteiger partial charge in [0.25, 0.3) is 5.91 Å². The van der Waals surface area contributed by atoms with E-state index in [1.54, 1.807) is 6.08 Å². The number of benzene rings is 1. The van der Waals surface area contributed by atoms with Crippen molar-refractivity contribution in [2.24, 2.45) is 4.99 Å². The summed E-state index contributed by atoms with van der Waals surface area (Å²) in [6.07, 6.45) is 1.71. The number of nitrogens with one attached hydrogen (secondary N) is 1. The minimum atomic E-state index is -0.369. The van der Waals surface area contributed by atoms with Crippen molar-refractivity contribution in [1.82, 2.24) is 5.32 Å². The van der Waals surface area contributed by atoms with Crippen molar-refractivity contribution in [3.63, 3.8) is 0 Å². The number of aliphatic imine (C=N–C) groups is 1. The summed E-state index contributed by atoms with van der Waals surface area (Å²) in [5.41, 5.74) is 0.779. The van der Waals surface area contributed by atoms with Gasteiger partial charge in [0.05, 0.1) is 11.5 Å². The second-order valence-corrected chi connectivity index (χ2v) is 6.08. The predicted octanol–water partition coefficient (Wildman–Crippen LogP) is 2.95. The molecule has 0 atom stereocenters. The number of amidine groups is 1. The number of rotatable bonds is 3. The van der Waals surface area contributed by atoms with Crippen LogP contribution in [-0.4, -0.2) is 23.6 Å². The summed E-state index contributed by atoms with van der Waals surface area (Å²) in [6, 6.07) is 5.57. The summed E-state index contributed by atoms with van der Waals surface area (Å²) >= 11 is 4.53. The average molecular weight is 369 g/mol. The number of ether oxygens (including phenoxy) is 1. The predicted molar refractivity (Wildman–Crippen MR) is 87.1 cm³/mol. The van der Waals surface area contributed by atoms with Gasteiger partial charge in [-0.1, -0.05) is 15.9 Å². The fourth-order valence-electron chi connectivity index (χ4n) is 1.67. The highest BCUT2D eigenvalue weighted by molar-refractivity contribution is 9.10. The van der Waals surface area contributed by atoms with Crippen LogP contribution in [0.5, 0.6) is 5.75 Å². The maximum absolute atomic E-state index is 11.8. The van der Waals surface area contributed by atoms with Crippen molar-refractivity contribution in [3.8, 4) is 5.75 Å². The molecule has 0 spiro atoms. The molecule has 7 heteroatoms. The molecule has 0 radical (unpaired) electrons. The van der Waals surface area contributed by atoms with E-state index in [9.17, 15) is 9.59 Å². The van der Waals surface area contributed by atoms with Gasteiger partial charge in [-0.3, -0.25) is 9.59 Å². The Kier molecular flexibility index (Phi) is 5.19. The van der Waals surface area contributed by atoms with Crippen LogP contribution in [0.2, 0.25) is 0 Å². The Bertz CT molecular complexity index is 656. The number of thioether (sulfide) groups is 1. The van der Waals surface area contributed by atoms with Gasteiger partial charge >= 0.3 is 0 Å². The minimum Gasteiger partial charge on any atom is -0.493 e. The van der Waals surface area contributed by atoms with E-state index in [4.69, 9.17) is 4.74 Å². The topological polar surface area (TPSA) is 67.8 Å². The van der Waals surface area contributed by atoms with Gasteiger partial charge in [0.2, 0.25) is 5.91 Å². The van der Waals surface area contributed by atoms with Crippen LogP contribution < -0.4 is 10.1 Å². The molecule has 5 nitrogen and oxygen atoms in total. The Balaban J connectivity index is 2.27. The van der Waals surface area contributed by atoms with Crippen LogP contribution in [0.15, 0.2) is 32.6 Å². The molecule has 0 aliphatic carbocycles. The second kappa shape index (κ2) is 6.91. The molecule has 0 saturated heterocycles. The molecule has 1 heterocycles. The Morgan fingerprint density at radius 3 is 2.95 bits per heavy atom. The third-order valence-electron chi connectivity index (χ3n) is 2.46. The fraction of sp³-hybridized carbons (Fsp3) is 0.214. The summed E-state index contributed by atoms with van der Waals surface area (Å²) in [4.78, 5) is 27.1. The van der Waals surface area contributed by atoms with E-state index >= 15 is 0 Å². The number of hydrogen-bond acceptors (Lipinski definition) is 4. The zero-order valence-corrected chi connectivity index (χ0v) is 13.9. The Labute approximate surface area is 135 Å². The largest absolute Gasteiger partial charge is 0.493 e. The van der Waals surface area contributed by atoms with E-state index in [0.717, 1.165) is 21.8 Å². The molecule has 2 rings (SSSR count). The highest BCUT2D eigenvalue weighted by Crippen LogP contribution is 2.31. The van der Waals surface area contributed by atoms with E-state index in [-0.39, 0.29) is 11.8 Å². The lowest BCUT2D eigenvalue weighted by Crippen LogP contribution is -2.23. The molecule has 110 valence electrons. The maximum atomic E-state index is 11.8. The zero-order chi connectivity index (χ0) is 15.4. The van der Waals surface area contributed by atoms with Crippen LogP contribution in [0.1, 0.15) is 19.4 Å². The summed E-state index contributed by atoms with van der Waals surface area (Å²) < 4.78 is 6.42. The molecule has 21 heavy (non-hydrogen) atoms. The van der Waals surface area contributed by atoms with Crippen molar-refractivity contribution in [2.75, 3.05) is 6.61 Å². The lowest BCUT2D eigenvalue weighted by atomic mass is 10.2. The number of carbonyl (C=O) groups is 2. The number of halogens is 1. The average Bonchev–Trinajstić information content (AvgIpc) is 2.72. The third-order valence-corrected chi connectivity index (χ3v) is 3.85. The van der Waals surface area contributed by atoms with E-state index in [2.05, 4.69) is 26.2 Å². The molecule has 0 bridgehead atoms.